The van der Waals surface area contributed by atoms with Crippen molar-refractivity contribution in [1.82, 2.24) is 20.2 Å². The third-order valence-electron chi connectivity index (χ3n) is 4.38. The molecule has 2 aliphatic carbocycles. The predicted molar refractivity (Wildman–Crippen MR) is 77.1 cm³/mol. The number of rotatable bonds is 5. The summed E-state index contributed by atoms with van der Waals surface area (Å²) in [4.78, 5) is 0. The highest BCUT2D eigenvalue weighted by Crippen LogP contribution is 2.42. The molecule has 6 heteroatoms. The van der Waals surface area contributed by atoms with Crippen molar-refractivity contribution in [2.24, 2.45) is 11.8 Å². The molecule has 1 heterocycles. The van der Waals surface area contributed by atoms with E-state index in [4.69, 9.17) is 0 Å². The molecule has 2 saturated carbocycles. The highest BCUT2D eigenvalue weighted by molar-refractivity contribution is 7.99. The van der Waals surface area contributed by atoms with Gasteiger partial charge < -0.3 is 0 Å². The third kappa shape index (κ3) is 2.98. The van der Waals surface area contributed by atoms with Gasteiger partial charge in [-0.25, -0.2) is 4.68 Å². The third-order valence-corrected chi connectivity index (χ3v) is 5.68. The van der Waals surface area contributed by atoms with Gasteiger partial charge in [-0.05, 0) is 48.4 Å². The Hall–Kier alpha value is -1.09. The van der Waals surface area contributed by atoms with E-state index in [9.17, 15) is 5.26 Å². The number of tetrazole rings is 1. The second kappa shape index (κ2) is 6.13. The van der Waals surface area contributed by atoms with Gasteiger partial charge in [0.25, 0.3) is 0 Å². The smallest absolute Gasteiger partial charge is 0.209 e. The maximum absolute atomic E-state index is 9.38. The van der Waals surface area contributed by atoms with Gasteiger partial charge in [0.15, 0.2) is 0 Å². The van der Waals surface area contributed by atoms with Crippen LogP contribution in [-0.2, 0) is 0 Å². The molecule has 0 aromatic carbocycles. The molecule has 3 unspecified atom stereocenters. The van der Waals surface area contributed by atoms with Gasteiger partial charge in [-0.3, -0.25) is 0 Å². The molecule has 0 radical (unpaired) electrons. The average Bonchev–Trinajstić information content (AvgIpc) is 3.20. The van der Waals surface area contributed by atoms with Crippen LogP contribution in [0.4, 0.5) is 0 Å². The van der Waals surface area contributed by atoms with Crippen LogP contribution < -0.4 is 0 Å². The molecule has 0 N–H and O–H groups in total. The zero-order valence-electron chi connectivity index (χ0n) is 11.9. The van der Waals surface area contributed by atoms with Crippen LogP contribution in [0.25, 0.3) is 0 Å². The van der Waals surface area contributed by atoms with E-state index >= 15 is 0 Å². The highest BCUT2D eigenvalue weighted by atomic mass is 32.2. The molecule has 0 spiro atoms. The molecule has 0 amide bonds. The molecular weight excluding hydrogens is 270 g/mol. The number of hydrogen-bond acceptors (Lipinski definition) is 5. The average molecular weight is 291 g/mol. The molecule has 2 aliphatic rings. The Labute approximate surface area is 124 Å². The van der Waals surface area contributed by atoms with Gasteiger partial charge in [0.2, 0.25) is 5.16 Å². The SMILES string of the molecule is CCCC1CCC(C#N)C(Sc2nnnn2C2CC2)C1. The van der Waals surface area contributed by atoms with Crippen molar-refractivity contribution in [1.29, 1.82) is 5.26 Å². The summed E-state index contributed by atoms with van der Waals surface area (Å²) < 4.78 is 1.96. The van der Waals surface area contributed by atoms with E-state index < -0.39 is 0 Å². The lowest BCUT2D eigenvalue weighted by molar-refractivity contribution is 0.306. The van der Waals surface area contributed by atoms with Gasteiger partial charge in [-0.15, -0.1) is 5.10 Å². The maximum atomic E-state index is 9.38. The molecule has 108 valence electrons. The van der Waals surface area contributed by atoms with Gasteiger partial charge >= 0.3 is 0 Å². The van der Waals surface area contributed by atoms with Gasteiger partial charge in [-0.1, -0.05) is 31.5 Å². The number of nitrogens with zero attached hydrogens (tertiary/aromatic N) is 5. The number of aromatic nitrogens is 4. The van der Waals surface area contributed by atoms with E-state index in [0.29, 0.717) is 11.3 Å². The van der Waals surface area contributed by atoms with Crippen LogP contribution in [0.15, 0.2) is 5.16 Å². The topological polar surface area (TPSA) is 67.4 Å². The minimum Gasteiger partial charge on any atom is -0.217 e. The van der Waals surface area contributed by atoms with E-state index in [0.717, 1.165) is 23.9 Å². The molecule has 0 saturated heterocycles. The summed E-state index contributed by atoms with van der Waals surface area (Å²) in [7, 11) is 0. The van der Waals surface area contributed by atoms with Crippen LogP contribution in [0, 0.1) is 23.2 Å². The van der Waals surface area contributed by atoms with E-state index in [-0.39, 0.29) is 5.92 Å². The monoisotopic (exact) mass is 291 g/mol. The fourth-order valence-corrected chi connectivity index (χ4v) is 4.48. The Bertz CT molecular complexity index is 490. The minimum absolute atomic E-state index is 0.150. The van der Waals surface area contributed by atoms with Crippen molar-refractivity contribution in [3.8, 4) is 6.07 Å². The fraction of sp³-hybridized carbons (Fsp3) is 0.857. The summed E-state index contributed by atoms with van der Waals surface area (Å²) in [6.07, 6.45) is 8.25. The Morgan fingerprint density at radius 2 is 2.20 bits per heavy atom. The molecule has 0 aliphatic heterocycles. The van der Waals surface area contributed by atoms with Gasteiger partial charge in [-0.2, -0.15) is 5.26 Å². The van der Waals surface area contributed by atoms with Crippen molar-refractivity contribution in [2.45, 2.75) is 68.3 Å². The standard InChI is InChI=1S/C14H21N5S/c1-2-3-10-4-5-11(9-15)13(8-10)20-14-16-17-18-19(14)12-6-7-12/h10-13H,2-8H2,1H3. The van der Waals surface area contributed by atoms with Crippen LogP contribution in [0.3, 0.4) is 0 Å². The van der Waals surface area contributed by atoms with Crippen molar-refractivity contribution in [3.63, 3.8) is 0 Å². The molecule has 1 aromatic rings. The molecule has 0 bridgehead atoms. The first-order chi connectivity index (χ1) is 9.81. The second-order valence-electron chi connectivity index (χ2n) is 6.00. The minimum atomic E-state index is 0.150. The maximum Gasteiger partial charge on any atom is 0.209 e. The number of hydrogen-bond donors (Lipinski definition) is 0. The van der Waals surface area contributed by atoms with Crippen molar-refractivity contribution in [2.75, 3.05) is 0 Å². The summed E-state index contributed by atoms with van der Waals surface area (Å²) in [6, 6.07) is 3.00. The van der Waals surface area contributed by atoms with Gasteiger partial charge in [0, 0.05) is 5.25 Å². The summed E-state index contributed by atoms with van der Waals surface area (Å²) >= 11 is 1.73. The van der Waals surface area contributed by atoms with Gasteiger partial charge in [0.05, 0.1) is 18.0 Å². The summed E-state index contributed by atoms with van der Waals surface area (Å²) in [5.41, 5.74) is 0. The molecule has 5 nitrogen and oxygen atoms in total. The first-order valence-electron chi connectivity index (χ1n) is 7.66. The predicted octanol–water partition coefficient (Wildman–Crippen LogP) is 3.21. The van der Waals surface area contributed by atoms with Crippen molar-refractivity contribution in [3.05, 3.63) is 0 Å². The lowest BCUT2D eigenvalue weighted by Gasteiger charge is -2.31. The lowest BCUT2D eigenvalue weighted by atomic mass is 9.80. The van der Waals surface area contributed by atoms with E-state index in [1.165, 1.54) is 32.1 Å². The molecule has 1 aromatic heterocycles. The van der Waals surface area contributed by atoms with Crippen molar-refractivity contribution < 1.29 is 0 Å². The largest absolute Gasteiger partial charge is 0.217 e. The normalized spacial score (nSPS) is 30.1. The first-order valence-corrected chi connectivity index (χ1v) is 8.54. The number of thioether (sulfide) groups is 1. The molecular formula is C14H21N5S. The fourth-order valence-electron chi connectivity index (χ4n) is 3.11. The second-order valence-corrected chi connectivity index (χ2v) is 7.20. The van der Waals surface area contributed by atoms with Gasteiger partial charge in [0.1, 0.15) is 0 Å². The van der Waals surface area contributed by atoms with E-state index in [2.05, 4.69) is 28.5 Å². The lowest BCUT2D eigenvalue weighted by Crippen LogP contribution is -2.26. The van der Waals surface area contributed by atoms with E-state index in [1.54, 1.807) is 11.8 Å². The molecule has 3 atom stereocenters. The zero-order chi connectivity index (χ0) is 13.9. The summed E-state index contributed by atoms with van der Waals surface area (Å²) in [5, 5.41) is 22.7. The summed E-state index contributed by atoms with van der Waals surface area (Å²) in [5.74, 6) is 0.921. The van der Waals surface area contributed by atoms with Crippen LogP contribution in [0.2, 0.25) is 0 Å². The van der Waals surface area contributed by atoms with Crippen LogP contribution in [0.5, 0.6) is 0 Å². The Kier molecular flexibility index (Phi) is 4.25. The summed E-state index contributed by atoms with van der Waals surface area (Å²) in [6.45, 7) is 2.24. The molecule has 2 fully saturated rings. The van der Waals surface area contributed by atoms with E-state index in [1.807, 2.05) is 4.68 Å². The first kappa shape index (κ1) is 13.9. The van der Waals surface area contributed by atoms with Crippen molar-refractivity contribution >= 4 is 11.8 Å². The highest BCUT2D eigenvalue weighted by Gasteiger charge is 2.34. The molecule has 20 heavy (non-hydrogen) atoms. The number of nitriles is 1. The van der Waals surface area contributed by atoms with Crippen LogP contribution in [0.1, 0.15) is 57.9 Å². The Morgan fingerprint density at radius 1 is 1.35 bits per heavy atom. The Morgan fingerprint density at radius 3 is 2.90 bits per heavy atom. The van der Waals surface area contributed by atoms with Crippen LogP contribution >= 0.6 is 11.8 Å². The molecule has 3 rings (SSSR count). The quantitative estimate of drug-likeness (QED) is 0.833. The van der Waals surface area contributed by atoms with Crippen LogP contribution in [-0.4, -0.2) is 25.5 Å². The zero-order valence-corrected chi connectivity index (χ0v) is 12.7. The Balaban J connectivity index is 1.69.